The van der Waals surface area contributed by atoms with E-state index in [2.05, 4.69) is 0 Å². The van der Waals surface area contributed by atoms with Gasteiger partial charge in [0, 0.05) is 6.42 Å². The molecule has 0 radical (unpaired) electrons. The number of hydrogen-bond acceptors (Lipinski definition) is 3. The summed E-state index contributed by atoms with van der Waals surface area (Å²) in [6.45, 7) is 2.36. The van der Waals surface area contributed by atoms with Gasteiger partial charge in [0.2, 0.25) is 0 Å². The smallest absolute Gasteiger partial charge is 0.342 e. The van der Waals surface area contributed by atoms with E-state index in [1.807, 2.05) is 0 Å². The summed E-state index contributed by atoms with van der Waals surface area (Å²) in [6.07, 6.45) is -0.720. The minimum atomic E-state index is -4.83. The van der Waals surface area contributed by atoms with E-state index in [0.29, 0.717) is 0 Å². The molecule has 0 saturated carbocycles. The van der Waals surface area contributed by atoms with Crippen LogP contribution in [0.1, 0.15) is 26.7 Å². The third kappa shape index (κ3) is 3.59. The van der Waals surface area contributed by atoms with Gasteiger partial charge < -0.3 is 20.0 Å². The van der Waals surface area contributed by atoms with Gasteiger partial charge in [-0.3, -0.25) is 14.2 Å². The topological polar surface area (TPSA) is 132 Å². The number of carboxylic acid groups (broad SMARTS) is 2. The van der Waals surface area contributed by atoms with E-state index in [9.17, 15) is 14.2 Å². The highest BCUT2D eigenvalue weighted by atomic mass is 31.2. The van der Waals surface area contributed by atoms with Crippen LogP contribution in [-0.2, 0) is 14.2 Å². The lowest BCUT2D eigenvalue weighted by Crippen LogP contribution is -2.37. The Hall–Kier alpha value is -0.910. The second-order valence-electron chi connectivity index (χ2n) is 4.03. The van der Waals surface area contributed by atoms with Crippen molar-refractivity contribution >= 4 is 19.5 Å². The second-order valence-corrected chi connectivity index (χ2v) is 6.11. The molecule has 0 aromatic heterocycles. The molecule has 0 heterocycles. The molecule has 16 heavy (non-hydrogen) atoms. The largest absolute Gasteiger partial charge is 0.481 e. The summed E-state index contributed by atoms with van der Waals surface area (Å²) >= 11 is 0. The zero-order valence-corrected chi connectivity index (χ0v) is 9.85. The van der Waals surface area contributed by atoms with Crippen LogP contribution in [0, 0.1) is 5.92 Å². The second kappa shape index (κ2) is 4.95. The van der Waals surface area contributed by atoms with Gasteiger partial charge >= 0.3 is 19.5 Å². The summed E-state index contributed by atoms with van der Waals surface area (Å²) in [5.41, 5.74) is 0. The van der Waals surface area contributed by atoms with Crippen LogP contribution in [0.2, 0.25) is 0 Å². The molecule has 0 rings (SSSR count). The van der Waals surface area contributed by atoms with Crippen LogP contribution < -0.4 is 0 Å². The van der Waals surface area contributed by atoms with Gasteiger partial charge in [-0.2, -0.15) is 0 Å². The molecule has 0 aliphatic heterocycles. The Labute approximate surface area is 92.3 Å². The molecule has 0 aliphatic rings. The average molecular weight is 254 g/mol. The predicted molar refractivity (Wildman–Crippen MR) is 54.1 cm³/mol. The Balaban J connectivity index is 4.91. The van der Waals surface area contributed by atoms with Gasteiger partial charge in [-0.15, -0.1) is 0 Å². The quantitative estimate of drug-likeness (QED) is 0.507. The van der Waals surface area contributed by atoms with E-state index in [4.69, 9.17) is 20.0 Å². The van der Waals surface area contributed by atoms with E-state index in [0.717, 1.165) is 6.92 Å². The lowest BCUT2D eigenvalue weighted by molar-refractivity contribution is -0.142. The molecule has 0 saturated heterocycles. The van der Waals surface area contributed by atoms with Crippen molar-refractivity contribution in [1.29, 1.82) is 0 Å². The summed E-state index contributed by atoms with van der Waals surface area (Å²) in [4.78, 5) is 39.2. The van der Waals surface area contributed by atoms with E-state index in [-0.39, 0.29) is 12.8 Å². The summed E-state index contributed by atoms with van der Waals surface area (Å²) in [5.74, 6) is -3.39. The van der Waals surface area contributed by atoms with Crippen molar-refractivity contribution in [3.05, 3.63) is 0 Å². The standard InChI is InChI=1S/C8H15O7P/c1-5(3-6(9)10)4-8(2,7(11)12)16(13,14)15/h5H,3-4H2,1-2H3,(H,9,10)(H,11,12)(H2,13,14,15). The fraction of sp³-hybridized carbons (Fsp3) is 0.750. The molecule has 0 aromatic carbocycles. The molecule has 0 aromatic rings. The molecule has 94 valence electrons. The van der Waals surface area contributed by atoms with Crippen LogP contribution in [-0.4, -0.2) is 37.1 Å². The van der Waals surface area contributed by atoms with Crippen LogP contribution in [0.5, 0.6) is 0 Å². The maximum atomic E-state index is 11.1. The molecular weight excluding hydrogens is 239 g/mol. The molecular formula is C8H15O7P. The Morgan fingerprint density at radius 1 is 1.31 bits per heavy atom. The molecule has 7 nitrogen and oxygen atoms in total. The molecule has 2 unspecified atom stereocenters. The first kappa shape index (κ1) is 15.1. The number of rotatable bonds is 6. The lowest BCUT2D eigenvalue weighted by atomic mass is 9.94. The van der Waals surface area contributed by atoms with Gasteiger partial charge in [-0.1, -0.05) is 6.92 Å². The molecule has 0 aliphatic carbocycles. The zero-order valence-electron chi connectivity index (χ0n) is 8.95. The molecule has 8 heteroatoms. The molecule has 0 fully saturated rings. The Bertz CT molecular complexity index is 333. The lowest BCUT2D eigenvalue weighted by Gasteiger charge is -2.27. The van der Waals surface area contributed by atoms with E-state index in [1.54, 1.807) is 0 Å². The van der Waals surface area contributed by atoms with Gasteiger partial charge in [0.05, 0.1) is 0 Å². The van der Waals surface area contributed by atoms with Crippen LogP contribution in [0.4, 0.5) is 0 Å². The van der Waals surface area contributed by atoms with Crippen molar-refractivity contribution < 1.29 is 34.2 Å². The van der Waals surface area contributed by atoms with Gasteiger partial charge in [-0.05, 0) is 19.3 Å². The highest BCUT2D eigenvalue weighted by Gasteiger charge is 2.50. The number of carbonyl (C=O) groups is 2. The first-order valence-electron chi connectivity index (χ1n) is 4.51. The summed E-state index contributed by atoms with van der Waals surface area (Å²) in [5, 5.41) is 15.1. The number of hydrogen-bond donors (Lipinski definition) is 4. The fourth-order valence-electron chi connectivity index (χ4n) is 1.38. The normalized spacial score (nSPS) is 17.5. The van der Waals surface area contributed by atoms with Gasteiger partial charge in [0.25, 0.3) is 0 Å². The molecule has 0 amide bonds. The molecule has 0 spiro atoms. The van der Waals surface area contributed by atoms with Crippen molar-refractivity contribution in [3.8, 4) is 0 Å². The van der Waals surface area contributed by atoms with E-state index >= 15 is 0 Å². The van der Waals surface area contributed by atoms with Crippen molar-refractivity contribution in [2.75, 3.05) is 0 Å². The Kier molecular flexibility index (Phi) is 4.67. The first-order chi connectivity index (χ1) is 7.00. The maximum absolute atomic E-state index is 11.1. The summed E-state index contributed by atoms with van der Waals surface area (Å²) in [6, 6.07) is 0. The van der Waals surface area contributed by atoms with Crippen LogP contribution in [0.15, 0.2) is 0 Å². The fourth-order valence-corrected chi connectivity index (χ4v) is 2.18. The van der Waals surface area contributed by atoms with Gasteiger partial charge in [0.15, 0.2) is 5.16 Å². The van der Waals surface area contributed by atoms with Crippen LogP contribution in [0.3, 0.4) is 0 Å². The highest BCUT2D eigenvalue weighted by molar-refractivity contribution is 7.54. The monoisotopic (exact) mass is 254 g/mol. The SMILES string of the molecule is CC(CC(=O)O)CC(C)(C(=O)O)P(=O)(O)O. The van der Waals surface area contributed by atoms with Crippen molar-refractivity contribution in [3.63, 3.8) is 0 Å². The number of carboxylic acids is 2. The third-order valence-electron chi connectivity index (χ3n) is 2.37. The summed E-state index contributed by atoms with van der Waals surface area (Å²) < 4.78 is 11.1. The highest BCUT2D eigenvalue weighted by Crippen LogP contribution is 2.53. The molecule has 2 atom stereocenters. The molecule has 4 N–H and O–H groups in total. The maximum Gasteiger partial charge on any atom is 0.342 e. The minimum Gasteiger partial charge on any atom is -0.481 e. The van der Waals surface area contributed by atoms with Gasteiger partial charge in [0.1, 0.15) is 0 Å². The van der Waals surface area contributed by atoms with E-state index < -0.39 is 30.6 Å². The Morgan fingerprint density at radius 2 is 1.75 bits per heavy atom. The zero-order chi connectivity index (χ0) is 13.1. The van der Waals surface area contributed by atoms with E-state index in [1.165, 1.54) is 6.92 Å². The third-order valence-corrected chi connectivity index (χ3v) is 4.03. The van der Waals surface area contributed by atoms with Crippen molar-refractivity contribution in [1.82, 2.24) is 0 Å². The minimum absolute atomic E-state index is 0.330. The van der Waals surface area contributed by atoms with Crippen LogP contribution >= 0.6 is 7.60 Å². The first-order valence-corrected chi connectivity index (χ1v) is 6.12. The average Bonchev–Trinajstić information content (AvgIpc) is 1.99. The van der Waals surface area contributed by atoms with Crippen LogP contribution in [0.25, 0.3) is 0 Å². The number of aliphatic carboxylic acids is 2. The Morgan fingerprint density at radius 3 is 2.00 bits per heavy atom. The summed E-state index contributed by atoms with van der Waals surface area (Å²) in [7, 11) is -4.83. The van der Waals surface area contributed by atoms with Crippen molar-refractivity contribution in [2.45, 2.75) is 31.8 Å². The predicted octanol–water partition coefficient (Wildman–Crippen LogP) is 0.508. The van der Waals surface area contributed by atoms with Crippen molar-refractivity contribution in [2.24, 2.45) is 5.92 Å². The van der Waals surface area contributed by atoms with Gasteiger partial charge in [-0.25, -0.2) is 0 Å². The molecule has 0 bridgehead atoms.